The van der Waals surface area contributed by atoms with E-state index in [9.17, 15) is 4.79 Å². The number of carbonyl (C=O) groups is 1. The highest BCUT2D eigenvalue weighted by Gasteiger charge is 2.24. The number of nitrogens with zero attached hydrogens (tertiary/aromatic N) is 5. The maximum atomic E-state index is 12.3. The van der Waals surface area contributed by atoms with Crippen molar-refractivity contribution in [1.82, 2.24) is 24.9 Å². The second kappa shape index (κ2) is 9.60. The smallest absolute Gasteiger partial charge is 0.289 e. The van der Waals surface area contributed by atoms with Crippen LogP contribution in [0, 0.1) is 0 Å². The number of rotatable bonds is 4. The molecule has 1 aliphatic heterocycles. The molecule has 142 valence electrons. The fraction of sp³-hybridized carbons (Fsp3) is 0.471. The normalized spacial score (nSPS) is 14.9. The van der Waals surface area contributed by atoms with Crippen LogP contribution in [0.4, 0.5) is 0 Å². The Balaban J connectivity index is 0.00000243. The molecule has 0 saturated carbocycles. The first kappa shape index (κ1) is 20.3. The van der Waals surface area contributed by atoms with Crippen molar-refractivity contribution in [2.75, 3.05) is 39.8 Å². The minimum Gasteiger partial charge on any atom is -0.459 e. The summed E-state index contributed by atoms with van der Waals surface area (Å²) in [7, 11) is 3.70. The average molecular weight is 472 g/mol. The van der Waals surface area contributed by atoms with E-state index in [4.69, 9.17) is 4.42 Å². The van der Waals surface area contributed by atoms with Gasteiger partial charge in [0.25, 0.3) is 5.91 Å². The van der Waals surface area contributed by atoms with Gasteiger partial charge in [0.15, 0.2) is 11.7 Å². The first-order chi connectivity index (χ1) is 12.2. The van der Waals surface area contributed by atoms with Crippen LogP contribution < -0.4 is 5.32 Å². The third-order valence-electron chi connectivity index (χ3n) is 4.27. The molecule has 2 aromatic heterocycles. The molecule has 3 heterocycles. The van der Waals surface area contributed by atoms with E-state index in [1.165, 1.54) is 11.8 Å². The van der Waals surface area contributed by atoms with Crippen molar-refractivity contribution < 1.29 is 9.21 Å². The summed E-state index contributed by atoms with van der Waals surface area (Å²) in [5.74, 6) is 1.21. The van der Waals surface area contributed by atoms with Crippen LogP contribution in [-0.2, 0) is 13.5 Å². The minimum atomic E-state index is -0.0517. The number of aryl methyl sites for hydroxylation is 1. The maximum Gasteiger partial charge on any atom is 0.289 e. The monoisotopic (exact) mass is 472 g/mol. The average Bonchev–Trinajstić information content (AvgIpc) is 3.30. The summed E-state index contributed by atoms with van der Waals surface area (Å²) in [6.07, 6.45) is 6.31. The Morgan fingerprint density at radius 2 is 2.04 bits per heavy atom. The van der Waals surface area contributed by atoms with E-state index in [0.717, 1.165) is 32.0 Å². The van der Waals surface area contributed by atoms with Gasteiger partial charge in [-0.3, -0.25) is 14.5 Å². The molecule has 0 atom stereocenters. The lowest BCUT2D eigenvalue weighted by atomic mass is 10.2. The van der Waals surface area contributed by atoms with Crippen LogP contribution in [0.2, 0.25) is 0 Å². The van der Waals surface area contributed by atoms with Crippen LogP contribution in [-0.4, -0.2) is 71.2 Å². The van der Waals surface area contributed by atoms with E-state index in [-0.39, 0.29) is 29.9 Å². The van der Waals surface area contributed by atoms with E-state index in [2.05, 4.69) is 20.3 Å². The van der Waals surface area contributed by atoms with Gasteiger partial charge in [0.2, 0.25) is 0 Å². The molecule has 3 rings (SSSR count). The Morgan fingerprint density at radius 3 is 2.62 bits per heavy atom. The molecule has 0 aliphatic carbocycles. The molecular weight excluding hydrogens is 447 g/mol. The quantitative estimate of drug-likeness (QED) is 0.411. The zero-order chi connectivity index (χ0) is 17.6. The number of amides is 1. The van der Waals surface area contributed by atoms with Crippen molar-refractivity contribution in [2.24, 2.45) is 12.0 Å². The number of halogens is 1. The number of hydrogen-bond donors (Lipinski definition) is 1. The molecule has 0 bridgehead atoms. The van der Waals surface area contributed by atoms with Crippen LogP contribution >= 0.6 is 24.0 Å². The largest absolute Gasteiger partial charge is 0.459 e. The highest BCUT2D eigenvalue weighted by atomic mass is 127. The molecule has 8 nitrogen and oxygen atoms in total. The Bertz CT molecular complexity index is 719. The van der Waals surface area contributed by atoms with Crippen molar-refractivity contribution in [2.45, 2.75) is 6.42 Å². The maximum absolute atomic E-state index is 12.3. The molecule has 0 radical (unpaired) electrons. The fourth-order valence-electron chi connectivity index (χ4n) is 2.93. The standard InChI is InChI=1S/C17H24N6O2.HI/c1-18-17(19-6-5-14-12-20-21(2)13-14)23-9-7-22(8-10-23)16(24)15-4-3-11-25-15;/h3-4,11-13H,5-10H2,1-2H3,(H,18,19);1H. The van der Waals surface area contributed by atoms with Gasteiger partial charge in [-0.25, -0.2) is 0 Å². The van der Waals surface area contributed by atoms with Crippen molar-refractivity contribution in [3.05, 3.63) is 42.1 Å². The summed E-state index contributed by atoms with van der Waals surface area (Å²) in [5.41, 5.74) is 1.19. The van der Waals surface area contributed by atoms with Gasteiger partial charge in [-0.2, -0.15) is 5.10 Å². The number of guanidine groups is 1. The van der Waals surface area contributed by atoms with Crippen molar-refractivity contribution >= 4 is 35.8 Å². The third-order valence-corrected chi connectivity index (χ3v) is 4.27. The van der Waals surface area contributed by atoms with Gasteiger partial charge in [-0.1, -0.05) is 0 Å². The molecule has 1 N–H and O–H groups in total. The van der Waals surface area contributed by atoms with Crippen LogP contribution in [0.5, 0.6) is 0 Å². The number of hydrogen-bond acceptors (Lipinski definition) is 4. The lowest BCUT2D eigenvalue weighted by Crippen LogP contribution is -2.53. The Labute approximate surface area is 170 Å². The highest BCUT2D eigenvalue weighted by Crippen LogP contribution is 2.09. The summed E-state index contributed by atoms with van der Waals surface area (Å²) in [6, 6.07) is 3.44. The molecule has 1 saturated heterocycles. The molecule has 2 aromatic rings. The molecule has 1 amide bonds. The first-order valence-corrected chi connectivity index (χ1v) is 8.43. The van der Waals surface area contributed by atoms with Crippen molar-refractivity contribution in [1.29, 1.82) is 0 Å². The Kier molecular flexibility index (Phi) is 7.49. The number of aromatic nitrogens is 2. The van der Waals surface area contributed by atoms with Gasteiger partial charge >= 0.3 is 0 Å². The molecular formula is C17H25IN6O2. The summed E-state index contributed by atoms with van der Waals surface area (Å²) in [5, 5.41) is 7.56. The number of aliphatic imine (C=N–C) groups is 1. The zero-order valence-corrected chi connectivity index (χ0v) is 17.4. The Hall–Kier alpha value is -2.04. The number of nitrogens with one attached hydrogen (secondary N) is 1. The van der Waals surface area contributed by atoms with Gasteiger partial charge in [0.05, 0.1) is 12.5 Å². The van der Waals surface area contributed by atoms with E-state index in [1.54, 1.807) is 23.9 Å². The SMILES string of the molecule is CN=C(NCCc1cnn(C)c1)N1CCN(C(=O)c2ccco2)CC1.I. The molecule has 1 aliphatic rings. The van der Waals surface area contributed by atoms with E-state index in [1.807, 2.05) is 24.3 Å². The predicted molar refractivity (Wildman–Crippen MR) is 110 cm³/mol. The molecule has 1 fully saturated rings. The van der Waals surface area contributed by atoms with Crippen molar-refractivity contribution in [3.8, 4) is 0 Å². The van der Waals surface area contributed by atoms with Crippen LogP contribution in [0.25, 0.3) is 0 Å². The van der Waals surface area contributed by atoms with E-state index >= 15 is 0 Å². The number of piperazine rings is 1. The van der Waals surface area contributed by atoms with Crippen LogP contribution in [0.3, 0.4) is 0 Å². The van der Waals surface area contributed by atoms with Gasteiger partial charge in [0, 0.05) is 53.0 Å². The second-order valence-electron chi connectivity index (χ2n) is 6.00. The predicted octanol–water partition coefficient (Wildman–Crippen LogP) is 1.21. The van der Waals surface area contributed by atoms with E-state index in [0.29, 0.717) is 18.8 Å². The Morgan fingerprint density at radius 1 is 1.31 bits per heavy atom. The summed E-state index contributed by atoms with van der Waals surface area (Å²) in [4.78, 5) is 20.6. The molecule has 0 unspecified atom stereocenters. The summed E-state index contributed by atoms with van der Waals surface area (Å²) >= 11 is 0. The lowest BCUT2D eigenvalue weighted by Gasteiger charge is -2.36. The van der Waals surface area contributed by atoms with Gasteiger partial charge in [0.1, 0.15) is 0 Å². The van der Waals surface area contributed by atoms with Gasteiger partial charge in [-0.15, -0.1) is 24.0 Å². The highest BCUT2D eigenvalue weighted by molar-refractivity contribution is 14.0. The molecule has 0 aromatic carbocycles. The van der Waals surface area contributed by atoms with Crippen molar-refractivity contribution in [3.63, 3.8) is 0 Å². The van der Waals surface area contributed by atoms with Gasteiger partial charge in [-0.05, 0) is 24.1 Å². The molecule has 0 spiro atoms. The lowest BCUT2D eigenvalue weighted by molar-refractivity contribution is 0.0658. The fourth-order valence-corrected chi connectivity index (χ4v) is 2.93. The zero-order valence-electron chi connectivity index (χ0n) is 15.1. The topological polar surface area (TPSA) is 78.9 Å². The summed E-state index contributed by atoms with van der Waals surface area (Å²) < 4.78 is 7.00. The van der Waals surface area contributed by atoms with Gasteiger partial charge < -0.3 is 19.5 Å². The van der Waals surface area contributed by atoms with Crippen LogP contribution in [0.15, 0.2) is 40.2 Å². The third kappa shape index (κ3) is 4.99. The number of carbonyl (C=O) groups excluding carboxylic acids is 1. The van der Waals surface area contributed by atoms with Crippen LogP contribution in [0.1, 0.15) is 16.1 Å². The number of furan rings is 1. The molecule has 26 heavy (non-hydrogen) atoms. The second-order valence-corrected chi connectivity index (χ2v) is 6.00. The first-order valence-electron chi connectivity index (χ1n) is 8.43. The minimum absolute atomic E-state index is 0. The van der Waals surface area contributed by atoms with E-state index < -0.39 is 0 Å². The summed E-state index contributed by atoms with van der Waals surface area (Å²) in [6.45, 7) is 3.60. The molecule has 9 heteroatoms.